The monoisotopic (exact) mass is 325 g/mol. The van der Waals surface area contributed by atoms with Gasteiger partial charge in [-0.1, -0.05) is 30.7 Å². The molecule has 0 amide bonds. The standard InChI is InChI=1S/C16H24O7/c1-2-3-4-5-6-7-8-9-10-12(14(19)20)16(23,15(21)22)11-13(17)18/h2-3,9-10,12,23H,4-8,11H2,1H3,(H,17,18)(H,19,20)(H,21,22)/p-3/b3-2+,10-9+. The average Bonchev–Trinajstić information content (AvgIpc) is 2.44. The van der Waals surface area contributed by atoms with Crippen molar-refractivity contribution in [1.29, 1.82) is 0 Å². The fourth-order valence-electron chi connectivity index (χ4n) is 2.06. The predicted octanol–water partition coefficient (Wildman–Crippen LogP) is -1.94. The van der Waals surface area contributed by atoms with E-state index in [1.165, 1.54) is 6.08 Å². The minimum atomic E-state index is -3.11. The van der Waals surface area contributed by atoms with E-state index < -0.39 is 35.8 Å². The van der Waals surface area contributed by atoms with Crippen molar-refractivity contribution >= 4 is 17.9 Å². The van der Waals surface area contributed by atoms with E-state index in [0.29, 0.717) is 6.42 Å². The Bertz CT molecular complexity index is 467. The maximum atomic E-state index is 11.0. The highest BCUT2D eigenvalue weighted by Crippen LogP contribution is 2.23. The zero-order valence-electron chi connectivity index (χ0n) is 13.0. The molecule has 0 aromatic heterocycles. The van der Waals surface area contributed by atoms with Gasteiger partial charge in [-0.05, 0) is 32.6 Å². The van der Waals surface area contributed by atoms with E-state index in [0.717, 1.165) is 31.8 Å². The molecule has 7 nitrogen and oxygen atoms in total. The second kappa shape index (κ2) is 10.6. The van der Waals surface area contributed by atoms with Crippen LogP contribution in [0.15, 0.2) is 24.3 Å². The number of aliphatic carboxylic acids is 3. The lowest BCUT2D eigenvalue weighted by molar-refractivity contribution is -0.344. The van der Waals surface area contributed by atoms with Gasteiger partial charge in [-0.25, -0.2) is 0 Å². The first-order valence-electron chi connectivity index (χ1n) is 7.38. The molecule has 0 fully saturated rings. The van der Waals surface area contributed by atoms with Crippen LogP contribution in [-0.4, -0.2) is 28.6 Å². The summed E-state index contributed by atoms with van der Waals surface area (Å²) in [5, 5.41) is 42.4. The molecular weight excluding hydrogens is 304 g/mol. The highest BCUT2D eigenvalue weighted by molar-refractivity contribution is 5.88. The van der Waals surface area contributed by atoms with Crippen LogP contribution < -0.4 is 15.3 Å². The van der Waals surface area contributed by atoms with E-state index in [1.54, 1.807) is 0 Å². The molecule has 7 heteroatoms. The molecule has 0 saturated heterocycles. The van der Waals surface area contributed by atoms with Crippen molar-refractivity contribution in [2.75, 3.05) is 0 Å². The summed E-state index contributed by atoms with van der Waals surface area (Å²) in [5.74, 6) is -8.04. The van der Waals surface area contributed by atoms with Crippen molar-refractivity contribution < 1.29 is 34.8 Å². The Balaban J connectivity index is 4.71. The number of carboxylic acid groups (broad SMARTS) is 3. The molecule has 0 aromatic rings. The first kappa shape index (κ1) is 20.9. The van der Waals surface area contributed by atoms with Crippen LogP contribution in [0.5, 0.6) is 0 Å². The Morgan fingerprint density at radius 1 is 1.04 bits per heavy atom. The lowest BCUT2D eigenvalue weighted by atomic mass is 9.84. The topological polar surface area (TPSA) is 141 Å². The summed E-state index contributed by atoms with van der Waals surface area (Å²) in [5.41, 5.74) is -3.11. The van der Waals surface area contributed by atoms with Gasteiger partial charge in [0.1, 0.15) is 5.60 Å². The van der Waals surface area contributed by atoms with Crippen molar-refractivity contribution in [3.05, 3.63) is 24.3 Å². The van der Waals surface area contributed by atoms with Gasteiger partial charge in [-0.3, -0.25) is 0 Å². The number of carbonyl (C=O) groups excluding carboxylic acids is 3. The minimum Gasteiger partial charge on any atom is -0.550 e. The van der Waals surface area contributed by atoms with Gasteiger partial charge in [0.2, 0.25) is 0 Å². The van der Waals surface area contributed by atoms with Crippen LogP contribution in [0.25, 0.3) is 0 Å². The molecule has 0 aliphatic carbocycles. The van der Waals surface area contributed by atoms with Gasteiger partial charge >= 0.3 is 0 Å². The molecule has 0 aliphatic rings. The van der Waals surface area contributed by atoms with Crippen LogP contribution in [0.2, 0.25) is 0 Å². The van der Waals surface area contributed by atoms with Gasteiger partial charge in [0.05, 0.1) is 17.9 Å². The quantitative estimate of drug-likeness (QED) is 0.325. The molecule has 0 saturated carbocycles. The smallest absolute Gasteiger partial charge is 0.120 e. The zero-order valence-corrected chi connectivity index (χ0v) is 13.0. The van der Waals surface area contributed by atoms with Crippen LogP contribution in [0.3, 0.4) is 0 Å². The highest BCUT2D eigenvalue weighted by Gasteiger charge is 2.38. The van der Waals surface area contributed by atoms with Crippen molar-refractivity contribution in [2.45, 2.75) is 51.0 Å². The lowest BCUT2D eigenvalue weighted by Crippen LogP contribution is -2.59. The molecule has 0 aromatic carbocycles. The van der Waals surface area contributed by atoms with Crippen LogP contribution >= 0.6 is 0 Å². The van der Waals surface area contributed by atoms with E-state index in [2.05, 4.69) is 0 Å². The maximum Gasteiger partial charge on any atom is 0.120 e. The van der Waals surface area contributed by atoms with Gasteiger partial charge < -0.3 is 34.8 Å². The number of allylic oxidation sites excluding steroid dienone is 3. The van der Waals surface area contributed by atoms with Crippen LogP contribution in [0.1, 0.15) is 45.4 Å². The Labute approximate surface area is 134 Å². The first-order chi connectivity index (χ1) is 10.8. The van der Waals surface area contributed by atoms with Gasteiger partial charge in [-0.15, -0.1) is 0 Å². The molecule has 0 heterocycles. The fourth-order valence-corrected chi connectivity index (χ4v) is 2.06. The van der Waals surface area contributed by atoms with E-state index in [4.69, 9.17) is 0 Å². The normalized spacial score (nSPS) is 15.6. The number of unbranched alkanes of at least 4 members (excludes halogenated alkanes) is 4. The molecule has 130 valence electrons. The Hall–Kier alpha value is -2.15. The van der Waals surface area contributed by atoms with E-state index in [-0.39, 0.29) is 0 Å². The second-order valence-corrected chi connectivity index (χ2v) is 5.19. The number of aliphatic hydroxyl groups is 1. The molecule has 2 atom stereocenters. The van der Waals surface area contributed by atoms with Crippen LogP contribution in [-0.2, 0) is 14.4 Å². The minimum absolute atomic E-state index is 0.466. The Morgan fingerprint density at radius 3 is 2.04 bits per heavy atom. The zero-order chi connectivity index (χ0) is 17.9. The number of carboxylic acids is 3. The predicted molar refractivity (Wildman–Crippen MR) is 75.1 cm³/mol. The summed E-state index contributed by atoms with van der Waals surface area (Å²) in [6.07, 6.45) is 8.92. The van der Waals surface area contributed by atoms with Crippen molar-refractivity contribution in [1.82, 2.24) is 0 Å². The maximum absolute atomic E-state index is 11.0. The molecule has 0 bridgehead atoms. The SMILES string of the molecule is C/C=C/CCCCC/C=C/C(C(=O)[O-])C(O)(CC(=O)[O-])C(=O)[O-]. The van der Waals surface area contributed by atoms with Crippen molar-refractivity contribution in [2.24, 2.45) is 5.92 Å². The van der Waals surface area contributed by atoms with Gasteiger partial charge in [0.25, 0.3) is 0 Å². The Morgan fingerprint density at radius 2 is 1.61 bits per heavy atom. The fraction of sp³-hybridized carbons (Fsp3) is 0.562. The third-order valence-electron chi connectivity index (χ3n) is 3.34. The van der Waals surface area contributed by atoms with E-state index in [1.807, 2.05) is 19.1 Å². The summed E-state index contributed by atoms with van der Waals surface area (Å²) in [6.45, 7) is 1.92. The van der Waals surface area contributed by atoms with Crippen LogP contribution in [0, 0.1) is 5.92 Å². The van der Waals surface area contributed by atoms with Crippen molar-refractivity contribution in [3.8, 4) is 0 Å². The number of rotatable bonds is 12. The largest absolute Gasteiger partial charge is 0.550 e. The third-order valence-corrected chi connectivity index (χ3v) is 3.34. The summed E-state index contributed by atoms with van der Waals surface area (Å²) in [6, 6.07) is 0. The molecule has 0 spiro atoms. The second-order valence-electron chi connectivity index (χ2n) is 5.19. The van der Waals surface area contributed by atoms with Crippen LogP contribution in [0.4, 0.5) is 0 Å². The van der Waals surface area contributed by atoms with Gasteiger partial charge in [-0.2, -0.15) is 0 Å². The van der Waals surface area contributed by atoms with Gasteiger partial charge in [0.15, 0.2) is 0 Å². The first-order valence-corrected chi connectivity index (χ1v) is 7.38. The lowest BCUT2D eigenvalue weighted by Gasteiger charge is -2.36. The summed E-state index contributed by atoms with van der Waals surface area (Å²) in [4.78, 5) is 32.5. The molecule has 0 aliphatic heterocycles. The third kappa shape index (κ3) is 7.60. The molecule has 0 rings (SSSR count). The number of hydrogen-bond acceptors (Lipinski definition) is 7. The molecule has 2 unspecified atom stereocenters. The van der Waals surface area contributed by atoms with Gasteiger partial charge in [0, 0.05) is 12.4 Å². The molecule has 1 N–H and O–H groups in total. The molecule has 23 heavy (non-hydrogen) atoms. The Kier molecular flexibility index (Phi) is 9.57. The summed E-state index contributed by atoms with van der Waals surface area (Å²) < 4.78 is 0. The highest BCUT2D eigenvalue weighted by atomic mass is 16.4. The number of hydrogen-bond donors (Lipinski definition) is 1. The molecule has 0 radical (unpaired) electrons. The molecular formula is C16H21O7-3. The van der Waals surface area contributed by atoms with E-state index >= 15 is 0 Å². The van der Waals surface area contributed by atoms with E-state index in [9.17, 15) is 34.8 Å². The van der Waals surface area contributed by atoms with Crippen molar-refractivity contribution in [3.63, 3.8) is 0 Å². The summed E-state index contributed by atoms with van der Waals surface area (Å²) >= 11 is 0. The number of carbonyl (C=O) groups is 3. The summed E-state index contributed by atoms with van der Waals surface area (Å²) in [7, 11) is 0. The average molecular weight is 325 g/mol.